The fraction of sp³-hybridized carbons (Fsp3) is 0.318. The van der Waals surface area contributed by atoms with Crippen LogP contribution in [-0.4, -0.2) is 32.4 Å². The van der Waals surface area contributed by atoms with Crippen LogP contribution in [0, 0.1) is 0 Å². The van der Waals surface area contributed by atoms with Crippen LogP contribution in [0.1, 0.15) is 24.5 Å². The molecule has 0 amide bonds. The smallest absolute Gasteiger partial charge is 0.382 e. The summed E-state index contributed by atoms with van der Waals surface area (Å²) >= 11 is 1.35. The van der Waals surface area contributed by atoms with E-state index in [1.54, 1.807) is 16.7 Å². The van der Waals surface area contributed by atoms with Gasteiger partial charge >= 0.3 is 6.18 Å². The molecule has 4 aromatic rings. The number of halogens is 3. The zero-order valence-corrected chi connectivity index (χ0v) is 18.1. The summed E-state index contributed by atoms with van der Waals surface area (Å²) in [5.41, 5.74) is 0.597. The first-order chi connectivity index (χ1) is 15.4. The molecule has 0 bridgehead atoms. The molecule has 2 aromatic heterocycles. The molecule has 2 heterocycles. The van der Waals surface area contributed by atoms with Crippen LogP contribution in [0.3, 0.4) is 0 Å². The van der Waals surface area contributed by atoms with Gasteiger partial charge in [0.25, 0.3) is 5.56 Å². The molecule has 6 nitrogen and oxygen atoms in total. The molecule has 0 fully saturated rings. The molecule has 0 atom stereocenters. The highest BCUT2D eigenvalue weighted by atomic mass is 32.2. The number of ether oxygens (including phenoxy) is 1. The molecule has 0 saturated heterocycles. The quantitative estimate of drug-likeness (QED) is 0.279. The number of benzene rings is 2. The molecule has 0 unspecified atom stereocenters. The predicted molar refractivity (Wildman–Crippen MR) is 117 cm³/mol. The Hall–Kier alpha value is -2.85. The first kappa shape index (κ1) is 22.3. The molecule has 0 aliphatic rings. The van der Waals surface area contributed by atoms with E-state index >= 15 is 0 Å². The summed E-state index contributed by atoms with van der Waals surface area (Å²) < 4.78 is 47.2. The third kappa shape index (κ3) is 4.51. The van der Waals surface area contributed by atoms with E-state index in [0.29, 0.717) is 53.8 Å². The molecular weight excluding hydrogens is 441 g/mol. The lowest BCUT2D eigenvalue weighted by atomic mass is 10.1. The lowest BCUT2D eigenvalue weighted by molar-refractivity contribution is -0.137. The van der Waals surface area contributed by atoms with E-state index in [0.717, 1.165) is 17.7 Å². The number of thioether (sulfide) groups is 1. The molecule has 0 aliphatic heterocycles. The van der Waals surface area contributed by atoms with Gasteiger partial charge in [0.05, 0.1) is 16.5 Å². The number of aryl methyl sites for hydroxylation is 1. The average Bonchev–Trinajstić information content (AvgIpc) is 3.21. The molecule has 0 aliphatic carbocycles. The third-order valence-electron chi connectivity index (χ3n) is 5.00. The van der Waals surface area contributed by atoms with E-state index in [1.165, 1.54) is 23.9 Å². The van der Waals surface area contributed by atoms with Gasteiger partial charge in [0.1, 0.15) is 0 Å². The highest BCUT2D eigenvalue weighted by Gasteiger charge is 2.29. The summed E-state index contributed by atoms with van der Waals surface area (Å²) in [5, 5.41) is 9.63. The van der Waals surface area contributed by atoms with Gasteiger partial charge in [0.15, 0.2) is 5.16 Å². The maximum absolute atomic E-state index is 13.1. The predicted octanol–water partition coefficient (Wildman–Crippen LogP) is 4.78. The molecule has 0 radical (unpaired) electrons. The van der Waals surface area contributed by atoms with Gasteiger partial charge in [-0.1, -0.05) is 36.0 Å². The maximum Gasteiger partial charge on any atom is 0.416 e. The zero-order chi connectivity index (χ0) is 22.7. The molecule has 0 saturated carbocycles. The number of hydrogen-bond acceptors (Lipinski definition) is 5. The zero-order valence-electron chi connectivity index (χ0n) is 17.3. The first-order valence-corrected chi connectivity index (χ1v) is 11.1. The van der Waals surface area contributed by atoms with Gasteiger partial charge in [-0.2, -0.15) is 13.2 Å². The van der Waals surface area contributed by atoms with Crippen LogP contribution in [0.5, 0.6) is 0 Å². The Kier molecular flexibility index (Phi) is 6.52. The van der Waals surface area contributed by atoms with Crippen molar-refractivity contribution in [3.8, 4) is 0 Å². The van der Waals surface area contributed by atoms with Crippen LogP contribution in [0.25, 0.3) is 16.7 Å². The van der Waals surface area contributed by atoms with Gasteiger partial charge in [-0.3, -0.25) is 13.8 Å². The van der Waals surface area contributed by atoms with Gasteiger partial charge in [0, 0.05) is 25.5 Å². The van der Waals surface area contributed by atoms with Crippen molar-refractivity contribution in [2.75, 3.05) is 13.2 Å². The Bertz CT molecular complexity index is 1280. The highest BCUT2D eigenvalue weighted by molar-refractivity contribution is 7.98. The number of hydrogen-bond donors (Lipinski definition) is 0. The second-order valence-electron chi connectivity index (χ2n) is 7.13. The van der Waals surface area contributed by atoms with Crippen LogP contribution in [-0.2, 0) is 23.2 Å². The van der Waals surface area contributed by atoms with Crippen molar-refractivity contribution >= 4 is 28.4 Å². The summed E-state index contributed by atoms with van der Waals surface area (Å²) in [4.78, 5) is 13.1. The Balaban J connectivity index is 1.67. The second kappa shape index (κ2) is 9.33. The summed E-state index contributed by atoms with van der Waals surface area (Å²) in [5.74, 6) is 0.844. The number of alkyl halides is 3. The van der Waals surface area contributed by atoms with Crippen LogP contribution >= 0.6 is 11.8 Å². The van der Waals surface area contributed by atoms with Gasteiger partial charge in [0.2, 0.25) is 5.78 Å². The number of rotatable bonds is 8. The van der Waals surface area contributed by atoms with E-state index < -0.39 is 11.7 Å². The highest BCUT2D eigenvalue weighted by Crippen LogP contribution is 2.30. The Morgan fingerprint density at radius 1 is 1.06 bits per heavy atom. The van der Waals surface area contributed by atoms with Crippen LogP contribution in [0.2, 0.25) is 0 Å². The monoisotopic (exact) mass is 462 g/mol. The normalized spacial score (nSPS) is 12.1. The largest absolute Gasteiger partial charge is 0.416 e. The van der Waals surface area contributed by atoms with Gasteiger partial charge in [-0.05, 0) is 43.2 Å². The van der Waals surface area contributed by atoms with Crippen molar-refractivity contribution in [1.82, 2.24) is 19.2 Å². The third-order valence-corrected chi connectivity index (χ3v) is 6.00. The van der Waals surface area contributed by atoms with E-state index in [4.69, 9.17) is 4.74 Å². The molecule has 10 heteroatoms. The number of para-hydroxylation sites is 1. The van der Waals surface area contributed by atoms with Crippen LogP contribution in [0.4, 0.5) is 13.2 Å². The number of fused-ring (bicyclic) bond motifs is 3. The van der Waals surface area contributed by atoms with E-state index in [-0.39, 0.29) is 5.56 Å². The van der Waals surface area contributed by atoms with E-state index in [1.807, 2.05) is 23.5 Å². The Labute approximate surface area is 186 Å². The minimum absolute atomic E-state index is 0.142. The SMILES string of the molecule is CCOCCCn1c(=O)c2ccccc2n2c(SCc3ccc(C(F)(F)F)cc3)nnc12. The summed E-state index contributed by atoms with van der Waals surface area (Å²) in [6.07, 6.45) is -3.71. The van der Waals surface area contributed by atoms with Crippen LogP contribution < -0.4 is 5.56 Å². The Morgan fingerprint density at radius 2 is 1.81 bits per heavy atom. The first-order valence-electron chi connectivity index (χ1n) is 10.1. The fourth-order valence-electron chi connectivity index (χ4n) is 3.44. The Morgan fingerprint density at radius 3 is 2.53 bits per heavy atom. The van der Waals surface area contributed by atoms with Crippen LogP contribution in [0.15, 0.2) is 58.5 Å². The molecule has 4 rings (SSSR count). The molecular formula is C22H21F3N4O2S. The summed E-state index contributed by atoms with van der Waals surface area (Å²) in [6.45, 7) is 3.50. The van der Waals surface area contributed by atoms with Gasteiger partial charge in [-0.15, -0.1) is 10.2 Å². The molecule has 0 N–H and O–H groups in total. The topological polar surface area (TPSA) is 61.4 Å². The summed E-state index contributed by atoms with van der Waals surface area (Å²) in [7, 11) is 0. The lowest BCUT2D eigenvalue weighted by Gasteiger charge is -2.11. The van der Waals surface area contributed by atoms with E-state index in [9.17, 15) is 18.0 Å². The van der Waals surface area contributed by atoms with Crippen molar-refractivity contribution in [1.29, 1.82) is 0 Å². The van der Waals surface area contributed by atoms with Crippen molar-refractivity contribution < 1.29 is 17.9 Å². The van der Waals surface area contributed by atoms with Crippen molar-refractivity contribution in [3.05, 3.63) is 70.0 Å². The van der Waals surface area contributed by atoms with Crippen molar-refractivity contribution in [2.45, 2.75) is 37.0 Å². The minimum atomic E-state index is -4.36. The molecule has 0 spiro atoms. The van der Waals surface area contributed by atoms with E-state index in [2.05, 4.69) is 10.2 Å². The van der Waals surface area contributed by atoms with Gasteiger partial charge < -0.3 is 4.74 Å². The molecule has 32 heavy (non-hydrogen) atoms. The van der Waals surface area contributed by atoms with Crippen molar-refractivity contribution in [3.63, 3.8) is 0 Å². The van der Waals surface area contributed by atoms with Crippen molar-refractivity contribution in [2.24, 2.45) is 0 Å². The fourth-order valence-corrected chi connectivity index (χ4v) is 4.33. The number of nitrogens with zero attached hydrogens (tertiary/aromatic N) is 4. The molecule has 168 valence electrons. The van der Waals surface area contributed by atoms with Gasteiger partial charge in [-0.25, -0.2) is 0 Å². The second-order valence-corrected chi connectivity index (χ2v) is 8.07. The minimum Gasteiger partial charge on any atom is -0.382 e. The lowest BCUT2D eigenvalue weighted by Crippen LogP contribution is -2.24. The summed E-state index contributed by atoms with van der Waals surface area (Å²) in [6, 6.07) is 12.3. The standard InChI is InChI=1S/C22H21F3N4O2S/c1-2-31-13-5-12-28-19(30)17-6-3-4-7-18(17)29-20(28)26-27-21(29)32-14-15-8-10-16(11-9-15)22(23,24)25/h3-4,6-11H,2,5,12-14H2,1H3. The molecule has 2 aromatic carbocycles. The maximum atomic E-state index is 13.1. The number of aromatic nitrogens is 4. The average molecular weight is 462 g/mol.